The molecule has 3 rings (SSSR count). The molecule has 0 bridgehead atoms. The van der Waals surface area contributed by atoms with Crippen LogP contribution in [-0.4, -0.2) is 26.6 Å². The first-order valence-electron chi connectivity index (χ1n) is 7.04. The summed E-state index contributed by atoms with van der Waals surface area (Å²) in [6.45, 7) is 0. The summed E-state index contributed by atoms with van der Waals surface area (Å²) in [5.74, 6) is -1.53. The normalized spacial score (nSPS) is 10.5. The molecule has 0 amide bonds. The van der Waals surface area contributed by atoms with Crippen molar-refractivity contribution in [3.8, 4) is 11.3 Å². The number of carboxylic acids is 1. The third-order valence-electron chi connectivity index (χ3n) is 3.58. The number of benzene rings is 2. The maximum Gasteiger partial charge on any atom is 0.336 e. The summed E-state index contributed by atoms with van der Waals surface area (Å²) in [6.07, 6.45) is 0. The Morgan fingerprint density at radius 1 is 0.957 bits per heavy atom. The molecule has 23 heavy (non-hydrogen) atoms. The highest BCUT2D eigenvalue weighted by molar-refractivity contribution is 6.13. The van der Waals surface area contributed by atoms with E-state index in [4.69, 9.17) is 0 Å². The SMILES string of the molecule is Cn1nc(C(=O)c2ccccc2C(=O)O)cc1-c1ccccc1. The molecule has 5 nitrogen and oxygen atoms in total. The second-order valence-electron chi connectivity index (χ2n) is 5.08. The van der Waals surface area contributed by atoms with E-state index in [0.29, 0.717) is 0 Å². The van der Waals surface area contributed by atoms with Gasteiger partial charge in [-0.15, -0.1) is 0 Å². The first kappa shape index (κ1) is 14.7. The van der Waals surface area contributed by atoms with Gasteiger partial charge in [0, 0.05) is 12.6 Å². The van der Waals surface area contributed by atoms with E-state index in [1.807, 2.05) is 30.3 Å². The Balaban J connectivity index is 2.04. The van der Waals surface area contributed by atoms with Gasteiger partial charge in [0.25, 0.3) is 0 Å². The zero-order valence-electron chi connectivity index (χ0n) is 12.4. The molecule has 0 spiro atoms. The topological polar surface area (TPSA) is 72.2 Å². The number of hydrogen-bond donors (Lipinski definition) is 1. The van der Waals surface area contributed by atoms with Gasteiger partial charge in [0.1, 0.15) is 5.69 Å². The summed E-state index contributed by atoms with van der Waals surface area (Å²) >= 11 is 0. The number of aromatic nitrogens is 2. The average Bonchev–Trinajstić information content (AvgIpc) is 2.97. The van der Waals surface area contributed by atoms with Gasteiger partial charge < -0.3 is 5.11 Å². The van der Waals surface area contributed by atoms with Crippen LogP contribution in [0.25, 0.3) is 11.3 Å². The number of carboxylic acid groups (broad SMARTS) is 1. The lowest BCUT2D eigenvalue weighted by Crippen LogP contribution is -2.10. The highest BCUT2D eigenvalue weighted by atomic mass is 16.4. The van der Waals surface area contributed by atoms with E-state index in [0.717, 1.165) is 11.3 Å². The van der Waals surface area contributed by atoms with Gasteiger partial charge in [0.2, 0.25) is 5.78 Å². The summed E-state index contributed by atoms with van der Waals surface area (Å²) in [6, 6.07) is 17.4. The Hall–Kier alpha value is -3.21. The molecule has 0 saturated carbocycles. The predicted octanol–water partition coefficient (Wildman–Crippen LogP) is 3.02. The average molecular weight is 306 g/mol. The van der Waals surface area contributed by atoms with Crippen LogP contribution in [0.4, 0.5) is 0 Å². The molecule has 1 aromatic heterocycles. The summed E-state index contributed by atoms with van der Waals surface area (Å²) in [4.78, 5) is 23.9. The van der Waals surface area contributed by atoms with Crippen LogP contribution in [0.3, 0.4) is 0 Å². The van der Waals surface area contributed by atoms with Gasteiger partial charge in [-0.1, -0.05) is 48.5 Å². The number of aromatic carboxylic acids is 1. The van der Waals surface area contributed by atoms with Crippen LogP contribution in [-0.2, 0) is 7.05 Å². The lowest BCUT2D eigenvalue weighted by atomic mass is 10.0. The minimum Gasteiger partial charge on any atom is -0.478 e. The Kier molecular flexibility index (Phi) is 3.76. The van der Waals surface area contributed by atoms with Gasteiger partial charge in [0.05, 0.1) is 11.3 Å². The van der Waals surface area contributed by atoms with E-state index in [9.17, 15) is 14.7 Å². The first-order valence-corrected chi connectivity index (χ1v) is 7.04. The van der Waals surface area contributed by atoms with E-state index < -0.39 is 11.8 Å². The molecule has 1 N–H and O–H groups in total. The van der Waals surface area contributed by atoms with E-state index in [1.54, 1.807) is 29.9 Å². The summed E-state index contributed by atoms with van der Waals surface area (Å²) in [7, 11) is 1.75. The van der Waals surface area contributed by atoms with Crippen molar-refractivity contribution in [1.82, 2.24) is 9.78 Å². The molecule has 0 fully saturated rings. The van der Waals surface area contributed by atoms with Crippen LogP contribution in [0.1, 0.15) is 26.4 Å². The number of nitrogens with zero attached hydrogens (tertiary/aromatic N) is 2. The molecular formula is C18H14N2O3. The number of rotatable bonds is 4. The van der Waals surface area contributed by atoms with Gasteiger partial charge in [-0.2, -0.15) is 5.10 Å². The molecule has 0 aliphatic rings. The number of aryl methyl sites for hydroxylation is 1. The standard InChI is InChI=1S/C18H14N2O3/c1-20-16(12-7-3-2-4-8-12)11-15(19-20)17(21)13-9-5-6-10-14(13)18(22)23/h2-11H,1H3,(H,22,23). The molecule has 0 unspecified atom stereocenters. The fourth-order valence-electron chi connectivity index (χ4n) is 2.46. The Bertz CT molecular complexity index is 882. The largest absolute Gasteiger partial charge is 0.478 e. The van der Waals surface area contributed by atoms with Crippen LogP contribution < -0.4 is 0 Å². The molecule has 2 aromatic carbocycles. The zero-order chi connectivity index (χ0) is 16.4. The Labute approximate surface area is 132 Å². The minimum absolute atomic E-state index is 0.0237. The van der Waals surface area contributed by atoms with E-state index in [1.165, 1.54) is 12.1 Å². The summed E-state index contributed by atoms with van der Waals surface area (Å²) in [5.41, 5.74) is 2.07. The third kappa shape index (κ3) is 2.76. The minimum atomic E-state index is -1.13. The van der Waals surface area contributed by atoms with Gasteiger partial charge in [-0.3, -0.25) is 9.48 Å². The van der Waals surface area contributed by atoms with Crippen molar-refractivity contribution in [2.45, 2.75) is 0 Å². The molecule has 114 valence electrons. The Morgan fingerprint density at radius 2 is 1.57 bits per heavy atom. The molecule has 3 aromatic rings. The van der Waals surface area contributed by atoms with Crippen molar-refractivity contribution in [2.24, 2.45) is 7.05 Å². The van der Waals surface area contributed by atoms with Crippen molar-refractivity contribution in [3.05, 3.63) is 77.5 Å². The van der Waals surface area contributed by atoms with E-state index in [2.05, 4.69) is 5.10 Å². The van der Waals surface area contributed by atoms with Gasteiger partial charge in [0.15, 0.2) is 0 Å². The van der Waals surface area contributed by atoms with Gasteiger partial charge >= 0.3 is 5.97 Å². The molecular weight excluding hydrogens is 292 g/mol. The highest BCUT2D eigenvalue weighted by Gasteiger charge is 2.20. The molecule has 0 atom stereocenters. The van der Waals surface area contributed by atoms with Crippen molar-refractivity contribution >= 4 is 11.8 Å². The van der Waals surface area contributed by atoms with Crippen molar-refractivity contribution < 1.29 is 14.7 Å². The Morgan fingerprint density at radius 3 is 2.22 bits per heavy atom. The molecule has 5 heteroatoms. The maximum atomic E-state index is 12.6. The van der Waals surface area contributed by atoms with E-state index >= 15 is 0 Å². The zero-order valence-corrected chi connectivity index (χ0v) is 12.4. The summed E-state index contributed by atoms with van der Waals surface area (Å²) in [5, 5.41) is 13.5. The summed E-state index contributed by atoms with van der Waals surface area (Å²) < 4.78 is 1.62. The lowest BCUT2D eigenvalue weighted by molar-refractivity contribution is 0.0692. The molecule has 0 radical (unpaired) electrons. The fourth-order valence-corrected chi connectivity index (χ4v) is 2.46. The lowest BCUT2D eigenvalue weighted by Gasteiger charge is -2.02. The molecule has 1 heterocycles. The molecule has 0 aliphatic heterocycles. The molecule has 0 saturated heterocycles. The van der Waals surface area contributed by atoms with Gasteiger partial charge in [-0.05, 0) is 17.7 Å². The number of carbonyl (C=O) groups is 2. The first-order chi connectivity index (χ1) is 11.1. The van der Waals surface area contributed by atoms with Crippen LogP contribution in [0.5, 0.6) is 0 Å². The molecule has 0 aliphatic carbocycles. The van der Waals surface area contributed by atoms with Crippen molar-refractivity contribution in [3.63, 3.8) is 0 Å². The predicted molar refractivity (Wildman–Crippen MR) is 85.5 cm³/mol. The van der Waals surface area contributed by atoms with E-state index in [-0.39, 0.29) is 16.8 Å². The number of hydrogen-bond acceptors (Lipinski definition) is 3. The van der Waals surface area contributed by atoms with Crippen LogP contribution in [0.2, 0.25) is 0 Å². The number of ketones is 1. The third-order valence-corrected chi connectivity index (χ3v) is 3.58. The van der Waals surface area contributed by atoms with Crippen molar-refractivity contribution in [2.75, 3.05) is 0 Å². The second kappa shape index (κ2) is 5.88. The fraction of sp³-hybridized carbons (Fsp3) is 0.0556. The van der Waals surface area contributed by atoms with Crippen LogP contribution in [0.15, 0.2) is 60.7 Å². The van der Waals surface area contributed by atoms with Crippen LogP contribution in [0, 0.1) is 0 Å². The monoisotopic (exact) mass is 306 g/mol. The highest BCUT2D eigenvalue weighted by Crippen LogP contribution is 2.21. The van der Waals surface area contributed by atoms with Crippen molar-refractivity contribution in [1.29, 1.82) is 0 Å². The second-order valence-corrected chi connectivity index (χ2v) is 5.08. The smallest absolute Gasteiger partial charge is 0.336 e. The van der Waals surface area contributed by atoms with Gasteiger partial charge in [-0.25, -0.2) is 4.79 Å². The number of carbonyl (C=O) groups excluding carboxylic acids is 1. The van der Waals surface area contributed by atoms with Crippen LogP contribution >= 0.6 is 0 Å². The maximum absolute atomic E-state index is 12.6. The quantitative estimate of drug-likeness (QED) is 0.752.